The fourth-order valence-electron chi connectivity index (χ4n) is 4.42. The smallest absolute Gasteiger partial charge is 0.251 e. The van der Waals surface area contributed by atoms with E-state index in [4.69, 9.17) is 24.2 Å². The standard InChI is InChI=1S/C28H31N5O6S2/c1-18-24-26(40-25(18)19-5-4-6-21(15-19)41(3,35)36)28(33-9-11-38-12-10-33)32-27(31-24)20-7-8-22(29-16-20)30-23(34)17-39-14-13-37-2/h4-8,15-16H,9-14,17H2,1-3H3,(H,29,30,34). The largest absolute Gasteiger partial charge is 0.382 e. The van der Waals surface area contributed by atoms with Gasteiger partial charge in [0, 0.05) is 43.1 Å². The van der Waals surface area contributed by atoms with E-state index in [1.807, 2.05) is 19.1 Å². The minimum Gasteiger partial charge on any atom is -0.382 e. The van der Waals surface area contributed by atoms with Crippen molar-refractivity contribution in [3.63, 3.8) is 0 Å². The number of nitrogens with one attached hydrogen (secondary N) is 1. The number of morpholine rings is 1. The number of ether oxygens (including phenoxy) is 3. The third-order valence-corrected chi connectivity index (χ3v) is 8.97. The van der Waals surface area contributed by atoms with E-state index in [-0.39, 0.29) is 17.4 Å². The summed E-state index contributed by atoms with van der Waals surface area (Å²) in [6.07, 6.45) is 2.84. The molecule has 5 rings (SSSR count). The predicted octanol–water partition coefficient (Wildman–Crippen LogP) is 3.57. The number of hydrogen-bond donors (Lipinski definition) is 1. The van der Waals surface area contributed by atoms with Gasteiger partial charge in [-0.3, -0.25) is 4.79 Å². The Balaban J connectivity index is 1.50. The molecule has 13 heteroatoms. The van der Waals surface area contributed by atoms with Gasteiger partial charge in [0.05, 0.1) is 41.5 Å². The number of methoxy groups -OCH3 is 1. The normalized spacial score (nSPS) is 14.0. The number of rotatable bonds is 10. The maximum Gasteiger partial charge on any atom is 0.251 e. The number of hydrogen-bond acceptors (Lipinski definition) is 11. The highest BCUT2D eigenvalue weighted by atomic mass is 32.2. The van der Waals surface area contributed by atoms with E-state index in [1.54, 1.807) is 48.9 Å². The average Bonchev–Trinajstić information content (AvgIpc) is 3.31. The van der Waals surface area contributed by atoms with Crippen molar-refractivity contribution in [1.82, 2.24) is 15.0 Å². The molecule has 0 aliphatic carbocycles. The van der Waals surface area contributed by atoms with Gasteiger partial charge in [-0.1, -0.05) is 12.1 Å². The third-order valence-electron chi connectivity index (χ3n) is 6.54. The van der Waals surface area contributed by atoms with Crippen LogP contribution in [-0.4, -0.2) is 88.8 Å². The number of carbonyl (C=O) groups excluding carboxylic acids is 1. The van der Waals surface area contributed by atoms with Crippen LogP contribution in [0.25, 0.3) is 32.0 Å². The zero-order valence-electron chi connectivity index (χ0n) is 23.0. The second-order valence-electron chi connectivity index (χ2n) is 9.53. The van der Waals surface area contributed by atoms with Crippen molar-refractivity contribution >= 4 is 48.9 Å². The van der Waals surface area contributed by atoms with E-state index in [0.717, 1.165) is 32.0 Å². The van der Waals surface area contributed by atoms with Crippen LogP contribution in [-0.2, 0) is 28.8 Å². The summed E-state index contributed by atoms with van der Waals surface area (Å²) in [5.74, 6) is 1.39. The highest BCUT2D eigenvalue weighted by Gasteiger charge is 2.23. The Morgan fingerprint density at radius 1 is 1.12 bits per heavy atom. The van der Waals surface area contributed by atoms with Gasteiger partial charge in [-0.2, -0.15) is 0 Å². The first-order valence-electron chi connectivity index (χ1n) is 13.0. The summed E-state index contributed by atoms with van der Waals surface area (Å²) in [7, 11) is -1.79. The van der Waals surface area contributed by atoms with Gasteiger partial charge in [0.15, 0.2) is 21.5 Å². The fraction of sp³-hybridized carbons (Fsp3) is 0.357. The topological polar surface area (TPSA) is 133 Å². The molecule has 0 spiro atoms. The summed E-state index contributed by atoms with van der Waals surface area (Å²) in [6.45, 7) is 5.21. The van der Waals surface area contributed by atoms with E-state index in [2.05, 4.69) is 15.2 Å². The highest BCUT2D eigenvalue weighted by Crippen LogP contribution is 2.42. The van der Waals surface area contributed by atoms with Crippen molar-refractivity contribution in [1.29, 1.82) is 0 Å². The first-order valence-corrected chi connectivity index (χ1v) is 15.7. The van der Waals surface area contributed by atoms with Gasteiger partial charge in [0.25, 0.3) is 5.91 Å². The van der Waals surface area contributed by atoms with Crippen LogP contribution in [0, 0.1) is 6.92 Å². The molecule has 41 heavy (non-hydrogen) atoms. The average molecular weight is 598 g/mol. The van der Waals surface area contributed by atoms with Crippen LogP contribution in [0.1, 0.15) is 5.56 Å². The van der Waals surface area contributed by atoms with E-state index in [9.17, 15) is 13.2 Å². The highest BCUT2D eigenvalue weighted by molar-refractivity contribution is 7.90. The van der Waals surface area contributed by atoms with Gasteiger partial charge in [-0.05, 0) is 42.3 Å². The number of aryl methyl sites for hydroxylation is 1. The van der Waals surface area contributed by atoms with Crippen molar-refractivity contribution < 1.29 is 27.4 Å². The van der Waals surface area contributed by atoms with Gasteiger partial charge in [-0.25, -0.2) is 23.4 Å². The number of thiophene rings is 1. The molecular weight excluding hydrogens is 566 g/mol. The SMILES string of the molecule is COCCOCC(=O)Nc1ccc(-c2nc(N3CCOCC3)c3sc(-c4cccc(S(C)(=O)=O)c4)c(C)c3n2)cn1. The molecule has 0 unspecified atom stereocenters. The molecule has 1 amide bonds. The summed E-state index contributed by atoms with van der Waals surface area (Å²) in [5.41, 5.74) is 3.25. The lowest BCUT2D eigenvalue weighted by molar-refractivity contribution is -0.121. The van der Waals surface area contributed by atoms with Crippen LogP contribution in [0.5, 0.6) is 0 Å². The van der Waals surface area contributed by atoms with Crippen molar-refractivity contribution in [3.05, 3.63) is 48.2 Å². The molecule has 216 valence electrons. The Bertz CT molecular complexity index is 1650. The number of anilines is 2. The summed E-state index contributed by atoms with van der Waals surface area (Å²) in [6, 6.07) is 10.5. The van der Waals surface area contributed by atoms with Gasteiger partial charge in [0.2, 0.25) is 0 Å². The fourth-order valence-corrected chi connectivity index (χ4v) is 6.35. The summed E-state index contributed by atoms with van der Waals surface area (Å²) < 4.78 is 41.1. The molecule has 0 bridgehead atoms. The van der Waals surface area contributed by atoms with Gasteiger partial charge in [0.1, 0.15) is 12.4 Å². The predicted molar refractivity (Wildman–Crippen MR) is 158 cm³/mol. The summed E-state index contributed by atoms with van der Waals surface area (Å²) in [4.78, 5) is 29.8. The maximum atomic E-state index is 12.2. The van der Waals surface area contributed by atoms with E-state index < -0.39 is 9.84 Å². The Hall–Kier alpha value is -3.49. The number of amides is 1. The van der Waals surface area contributed by atoms with Crippen LogP contribution in [0.15, 0.2) is 47.5 Å². The van der Waals surface area contributed by atoms with Crippen molar-refractivity contribution in [2.24, 2.45) is 0 Å². The Morgan fingerprint density at radius 3 is 2.63 bits per heavy atom. The van der Waals surface area contributed by atoms with Gasteiger partial charge in [-0.15, -0.1) is 11.3 Å². The second kappa shape index (κ2) is 12.6. The van der Waals surface area contributed by atoms with Crippen LogP contribution in [0.2, 0.25) is 0 Å². The molecule has 4 aromatic rings. The number of benzene rings is 1. The number of aromatic nitrogens is 3. The van der Waals surface area contributed by atoms with E-state index in [1.165, 1.54) is 6.26 Å². The molecule has 11 nitrogen and oxygen atoms in total. The van der Waals surface area contributed by atoms with E-state index in [0.29, 0.717) is 56.7 Å². The molecule has 0 atom stereocenters. The molecular formula is C28H31N5O6S2. The maximum absolute atomic E-state index is 12.2. The van der Waals surface area contributed by atoms with Crippen LogP contribution in [0.3, 0.4) is 0 Å². The lowest BCUT2D eigenvalue weighted by Crippen LogP contribution is -2.36. The molecule has 1 saturated heterocycles. The minimum absolute atomic E-state index is 0.0949. The lowest BCUT2D eigenvalue weighted by atomic mass is 10.1. The Labute approximate surface area is 242 Å². The minimum atomic E-state index is -3.35. The molecule has 1 fully saturated rings. The van der Waals surface area contributed by atoms with E-state index >= 15 is 0 Å². The first kappa shape index (κ1) is 29.0. The van der Waals surface area contributed by atoms with Gasteiger partial charge < -0.3 is 24.4 Å². The molecule has 1 aliphatic rings. The monoisotopic (exact) mass is 597 g/mol. The third kappa shape index (κ3) is 6.71. The number of pyridine rings is 1. The van der Waals surface area contributed by atoms with Gasteiger partial charge >= 0.3 is 0 Å². The van der Waals surface area contributed by atoms with Crippen LogP contribution < -0.4 is 10.2 Å². The summed E-state index contributed by atoms with van der Waals surface area (Å²) >= 11 is 1.55. The lowest BCUT2D eigenvalue weighted by Gasteiger charge is -2.28. The quantitative estimate of drug-likeness (QED) is 0.271. The molecule has 1 N–H and O–H groups in total. The number of fused-ring (bicyclic) bond motifs is 1. The Morgan fingerprint density at radius 2 is 1.93 bits per heavy atom. The molecule has 1 aromatic carbocycles. The Kier molecular flexibility index (Phi) is 8.90. The molecule has 4 heterocycles. The number of sulfone groups is 1. The van der Waals surface area contributed by atoms with Crippen molar-refractivity contribution in [3.8, 4) is 21.8 Å². The zero-order valence-corrected chi connectivity index (χ0v) is 24.7. The van der Waals surface area contributed by atoms with Crippen molar-refractivity contribution in [2.75, 3.05) is 69.7 Å². The molecule has 0 radical (unpaired) electrons. The first-order chi connectivity index (χ1) is 19.7. The molecule has 0 saturated carbocycles. The zero-order chi connectivity index (χ0) is 29.0. The molecule has 1 aliphatic heterocycles. The van der Waals surface area contributed by atoms with Crippen LogP contribution >= 0.6 is 11.3 Å². The second-order valence-corrected chi connectivity index (χ2v) is 12.6. The summed E-state index contributed by atoms with van der Waals surface area (Å²) in [5, 5.41) is 2.72. The number of carbonyl (C=O) groups is 1. The number of nitrogens with zero attached hydrogens (tertiary/aromatic N) is 4. The molecule has 3 aromatic heterocycles. The van der Waals surface area contributed by atoms with Crippen LogP contribution in [0.4, 0.5) is 11.6 Å². The van der Waals surface area contributed by atoms with Crippen molar-refractivity contribution in [2.45, 2.75) is 11.8 Å².